The van der Waals surface area contributed by atoms with Crippen molar-refractivity contribution >= 4 is 46.0 Å². The fourth-order valence-electron chi connectivity index (χ4n) is 4.79. The number of nitrogens with zero attached hydrogens (tertiary/aromatic N) is 2. The Bertz CT molecular complexity index is 1700. The largest absolute Gasteiger partial charge is 0.508 e. The van der Waals surface area contributed by atoms with E-state index in [0.29, 0.717) is 64.6 Å². The van der Waals surface area contributed by atoms with Crippen LogP contribution in [0.25, 0.3) is 33.4 Å². The van der Waals surface area contributed by atoms with Crippen LogP contribution in [0, 0.1) is 0 Å². The Morgan fingerprint density at radius 1 is 0.951 bits per heavy atom. The number of amides is 1. The Balaban J connectivity index is 1.43. The fraction of sp³-hybridized carbons (Fsp3) is 0.267. The maximum atomic E-state index is 12.5. The molecule has 212 valence electrons. The van der Waals surface area contributed by atoms with Crippen LogP contribution in [0.2, 0.25) is 0 Å². The average Bonchev–Trinajstić information content (AvgIpc) is 2.90. The van der Waals surface area contributed by atoms with Crippen LogP contribution in [0.1, 0.15) is 31.1 Å². The van der Waals surface area contributed by atoms with Crippen LogP contribution in [0.4, 0.5) is 10.5 Å². The number of phenols is 1. The van der Waals surface area contributed by atoms with Gasteiger partial charge in [0.25, 0.3) is 0 Å². The standard InChI is InChI=1S/C30H29N3O7S/c1-30(2,3)40-29(38)33-12-10-32(11-13-33)28(41)31-17-4-7-20(23(14-17)27(36)37)26-21-8-5-18(34)15-24(21)39-25-16-19(35)6-9-22(25)26/h4-9,14-16,34H,10-13H2,1-3H3,(H,31,41)(H,36,37). The van der Waals surface area contributed by atoms with Gasteiger partial charge in [0.05, 0.1) is 5.56 Å². The normalized spacial score (nSPS) is 13.8. The molecule has 41 heavy (non-hydrogen) atoms. The highest BCUT2D eigenvalue weighted by molar-refractivity contribution is 7.80. The number of piperazine rings is 1. The zero-order valence-corrected chi connectivity index (χ0v) is 23.6. The second-order valence-corrected chi connectivity index (χ2v) is 11.2. The summed E-state index contributed by atoms with van der Waals surface area (Å²) in [6.45, 7) is 7.34. The van der Waals surface area contributed by atoms with E-state index < -0.39 is 11.6 Å². The predicted molar refractivity (Wildman–Crippen MR) is 159 cm³/mol. The van der Waals surface area contributed by atoms with Crippen molar-refractivity contribution in [1.82, 2.24) is 9.80 Å². The van der Waals surface area contributed by atoms with Crippen molar-refractivity contribution in [2.45, 2.75) is 26.4 Å². The van der Waals surface area contributed by atoms with Crippen LogP contribution >= 0.6 is 12.2 Å². The number of aromatic hydroxyl groups is 1. The van der Waals surface area contributed by atoms with Gasteiger partial charge in [0.15, 0.2) is 10.5 Å². The van der Waals surface area contributed by atoms with Gasteiger partial charge in [-0.3, -0.25) is 4.79 Å². The summed E-state index contributed by atoms with van der Waals surface area (Å²) < 4.78 is 11.3. The van der Waals surface area contributed by atoms with E-state index in [1.807, 2.05) is 25.7 Å². The van der Waals surface area contributed by atoms with Crippen molar-refractivity contribution in [2.75, 3.05) is 31.5 Å². The number of carbonyl (C=O) groups is 2. The molecule has 1 saturated heterocycles. The second-order valence-electron chi connectivity index (χ2n) is 10.8. The van der Waals surface area contributed by atoms with E-state index in [9.17, 15) is 24.6 Å². The van der Waals surface area contributed by atoms with E-state index in [-0.39, 0.29) is 28.6 Å². The molecule has 11 heteroatoms. The van der Waals surface area contributed by atoms with E-state index in [1.165, 1.54) is 30.3 Å². The van der Waals surface area contributed by atoms with Crippen LogP contribution < -0.4 is 10.7 Å². The quantitative estimate of drug-likeness (QED) is 0.221. The lowest BCUT2D eigenvalue weighted by Crippen LogP contribution is -2.52. The molecule has 2 aromatic rings. The summed E-state index contributed by atoms with van der Waals surface area (Å²) in [7, 11) is 0. The smallest absolute Gasteiger partial charge is 0.410 e. The summed E-state index contributed by atoms with van der Waals surface area (Å²) >= 11 is 5.60. The number of nitrogens with one attached hydrogen (secondary N) is 1. The van der Waals surface area contributed by atoms with Gasteiger partial charge in [0.1, 0.15) is 22.7 Å². The van der Waals surface area contributed by atoms with Crippen LogP contribution in [-0.4, -0.2) is 69.0 Å². The van der Waals surface area contributed by atoms with Gasteiger partial charge < -0.3 is 34.5 Å². The molecule has 0 radical (unpaired) electrons. The number of carboxylic acids is 1. The molecule has 1 aliphatic carbocycles. The lowest BCUT2D eigenvalue weighted by atomic mass is 9.90. The first-order chi connectivity index (χ1) is 19.4. The molecule has 2 heterocycles. The maximum Gasteiger partial charge on any atom is 0.410 e. The monoisotopic (exact) mass is 575 g/mol. The molecule has 3 N–H and O–H groups in total. The molecule has 2 aromatic carbocycles. The third-order valence-electron chi connectivity index (χ3n) is 6.67. The van der Waals surface area contributed by atoms with Gasteiger partial charge in [-0.15, -0.1) is 0 Å². The molecule has 0 saturated carbocycles. The number of hydrogen-bond acceptors (Lipinski definition) is 7. The Morgan fingerprint density at radius 3 is 2.32 bits per heavy atom. The molecule has 0 atom stereocenters. The highest BCUT2D eigenvalue weighted by Crippen LogP contribution is 2.42. The number of carbonyl (C=O) groups excluding carboxylic acids is 1. The van der Waals surface area contributed by atoms with E-state index in [2.05, 4.69) is 5.32 Å². The summed E-state index contributed by atoms with van der Waals surface area (Å²) in [5.41, 5.74) is 1.51. The summed E-state index contributed by atoms with van der Waals surface area (Å²) in [4.78, 5) is 40.4. The number of thiocarbonyl (C=S) groups is 1. The molecule has 0 spiro atoms. The number of aromatic carboxylic acids is 1. The van der Waals surface area contributed by atoms with Gasteiger partial charge in [-0.25, -0.2) is 9.59 Å². The third kappa shape index (κ3) is 5.94. The molecule has 1 amide bonds. The topological polar surface area (TPSA) is 133 Å². The average molecular weight is 576 g/mol. The minimum atomic E-state index is -1.15. The number of benzene rings is 3. The number of phenolic OH excluding ortho intramolecular Hbond substituents is 1. The second kappa shape index (κ2) is 10.7. The zero-order valence-electron chi connectivity index (χ0n) is 22.8. The Labute approximate surface area is 241 Å². The van der Waals surface area contributed by atoms with Gasteiger partial charge in [0.2, 0.25) is 0 Å². The summed E-state index contributed by atoms with van der Waals surface area (Å²) in [5.74, 6) is -0.902. The zero-order chi connectivity index (χ0) is 29.5. The van der Waals surface area contributed by atoms with Crippen molar-refractivity contribution in [3.63, 3.8) is 0 Å². The van der Waals surface area contributed by atoms with Crippen molar-refractivity contribution in [1.29, 1.82) is 0 Å². The molecule has 2 aliphatic heterocycles. The molecule has 0 aromatic heterocycles. The Hall–Kier alpha value is -4.64. The molecule has 0 bridgehead atoms. The third-order valence-corrected chi connectivity index (χ3v) is 7.03. The molecular formula is C30H29N3O7S. The number of ether oxygens (including phenoxy) is 1. The van der Waals surface area contributed by atoms with Gasteiger partial charge in [-0.2, -0.15) is 0 Å². The van der Waals surface area contributed by atoms with Crippen molar-refractivity contribution in [3.05, 3.63) is 70.4 Å². The molecule has 3 aliphatic rings. The van der Waals surface area contributed by atoms with Crippen LogP contribution in [0.15, 0.2) is 63.8 Å². The van der Waals surface area contributed by atoms with E-state index >= 15 is 0 Å². The highest BCUT2D eigenvalue weighted by atomic mass is 32.1. The number of carboxylic acid groups (broad SMARTS) is 1. The summed E-state index contributed by atoms with van der Waals surface area (Å²) in [5, 5.41) is 24.3. The number of rotatable bonds is 3. The first-order valence-corrected chi connectivity index (χ1v) is 13.4. The van der Waals surface area contributed by atoms with Crippen LogP contribution in [0.3, 0.4) is 0 Å². The fourth-order valence-corrected chi connectivity index (χ4v) is 5.09. The molecule has 10 nitrogen and oxygen atoms in total. The van der Waals surface area contributed by atoms with Gasteiger partial charge in [0, 0.05) is 60.5 Å². The van der Waals surface area contributed by atoms with E-state index in [1.54, 1.807) is 29.2 Å². The molecule has 1 fully saturated rings. The minimum Gasteiger partial charge on any atom is -0.508 e. The highest BCUT2D eigenvalue weighted by Gasteiger charge is 2.27. The van der Waals surface area contributed by atoms with Crippen molar-refractivity contribution < 1.29 is 29.0 Å². The Kier molecular flexibility index (Phi) is 7.31. The lowest BCUT2D eigenvalue weighted by Gasteiger charge is -2.36. The van der Waals surface area contributed by atoms with Crippen LogP contribution in [-0.2, 0) is 4.74 Å². The van der Waals surface area contributed by atoms with Gasteiger partial charge in [-0.05, 0) is 75.0 Å². The Morgan fingerprint density at radius 2 is 1.63 bits per heavy atom. The predicted octanol–water partition coefficient (Wildman–Crippen LogP) is 5.22. The number of anilines is 1. The summed E-state index contributed by atoms with van der Waals surface area (Å²) in [6, 6.07) is 13.8. The maximum absolute atomic E-state index is 12.5. The van der Waals surface area contributed by atoms with Gasteiger partial charge >= 0.3 is 12.1 Å². The SMILES string of the molecule is CC(C)(C)OC(=O)N1CCN(C(=S)Nc2ccc(-c3c4ccc(=O)cc-4oc4cc(O)ccc34)c(C(=O)O)c2)CC1. The van der Waals surface area contributed by atoms with E-state index in [0.717, 1.165) is 0 Å². The minimum absolute atomic E-state index is 0.0145. The van der Waals surface area contributed by atoms with E-state index in [4.69, 9.17) is 21.4 Å². The lowest BCUT2D eigenvalue weighted by molar-refractivity contribution is 0.0188. The van der Waals surface area contributed by atoms with Crippen molar-refractivity contribution in [3.8, 4) is 28.2 Å². The molecular weight excluding hydrogens is 546 g/mol. The van der Waals surface area contributed by atoms with Crippen molar-refractivity contribution in [2.24, 2.45) is 0 Å². The van der Waals surface area contributed by atoms with Gasteiger partial charge in [-0.1, -0.05) is 6.07 Å². The molecule has 0 unspecified atom stereocenters. The first-order valence-electron chi connectivity index (χ1n) is 13.0. The van der Waals surface area contributed by atoms with Crippen LogP contribution in [0.5, 0.6) is 5.75 Å². The first kappa shape index (κ1) is 27.9. The number of hydrogen-bond donors (Lipinski definition) is 3. The summed E-state index contributed by atoms with van der Waals surface area (Å²) in [6.07, 6.45) is -0.367. The molecule has 5 rings (SSSR count). The number of fused-ring (bicyclic) bond motifs is 2.